The molecule has 0 spiro atoms. The molecule has 0 radical (unpaired) electrons. The van der Waals surface area contributed by atoms with Crippen molar-refractivity contribution in [2.75, 3.05) is 13.1 Å². The van der Waals surface area contributed by atoms with Gasteiger partial charge in [-0.05, 0) is 33.6 Å². The first-order valence-electron chi connectivity index (χ1n) is 6.95. The molecule has 0 aromatic carbocycles. The van der Waals surface area contributed by atoms with Crippen molar-refractivity contribution in [2.24, 2.45) is 0 Å². The summed E-state index contributed by atoms with van der Waals surface area (Å²) >= 11 is 5.78. The van der Waals surface area contributed by atoms with Crippen LogP contribution in [0, 0.1) is 0 Å². The molecule has 1 amide bonds. The summed E-state index contributed by atoms with van der Waals surface area (Å²) in [6, 6.07) is 0. The number of ether oxygens (including phenoxy) is 2. The van der Waals surface area contributed by atoms with Gasteiger partial charge in [-0.2, -0.15) is 4.98 Å². The molecule has 2 heterocycles. The molecule has 0 aliphatic carbocycles. The molecule has 0 saturated carbocycles. The first-order chi connectivity index (χ1) is 9.83. The molecule has 2 rings (SSSR count). The summed E-state index contributed by atoms with van der Waals surface area (Å²) in [6.07, 6.45) is 4.23. The molecule has 6 nitrogen and oxygen atoms in total. The van der Waals surface area contributed by atoms with Crippen molar-refractivity contribution in [1.82, 2.24) is 14.9 Å². The van der Waals surface area contributed by atoms with Crippen LogP contribution in [-0.2, 0) is 4.74 Å². The Morgan fingerprint density at radius 1 is 1.43 bits per heavy atom. The summed E-state index contributed by atoms with van der Waals surface area (Å²) in [6.45, 7) is 6.71. The Morgan fingerprint density at radius 2 is 2.19 bits per heavy atom. The molecular formula is C14H20ClN3O3. The summed E-state index contributed by atoms with van der Waals surface area (Å²) in [5.41, 5.74) is -0.497. The highest BCUT2D eigenvalue weighted by atomic mass is 35.5. The topological polar surface area (TPSA) is 64.5 Å². The van der Waals surface area contributed by atoms with E-state index >= 15 is 0 Å². The van der Waals surface area contributed by atoms with Gasteiger partial charge in [0.05, 0.1) is 18.9 Å². The van der Waals surface area contributed by atoms with Crippen LogP contribution in [0.4, 0.5) is 4.79 Å². The van der Waals surface area contributed by atoms with Gasteiger partial charge in [-0.15, -0.1) is 0 Å². The summed E-state index contributed by atoms with van der Waals surface area (Å²) in [5, 5.41) is 0.285. The van der Waals surface area contributed by atoms with Gasteiger partial charge in [-0.1, -0.05) is 11.6 Å². The summed E-state index contributed by atoms with van der Waals surface area (Å²) in [7, 11) is 0. The Bertz CT molecular complexity index is 504. The van der Waals surface area contributed by atoms with Gasteiger partial charge in [0.2, 0.25) is 5.88 Å². The van der Waals surface area contributed by atoms with E-state index in [1.54, 1.807) is 4.90 Å². The lowest BCUT2D eigenvalue weighted by Gasteiger charge is -2.33. The summed E-state index contributed by atoms with van der Waals surface area (Å²) in [4.78, 5) is 21.7. The van der Waals surface area contributed by atoms with Crippen LogP contribution in [0.1, 0.15) is 33.6 Å². The van der Waals surface area contributed by atoms with Gasteiger partial charge in [-0.25, -0.2) is 4.79 Å². The van der Waals surface area contributed by atoms with Gasteiger partial charge < -0.3 is 14.4 Å². The molecular weight excluding hydrogens is 294 g/mol. The number of piperidine rings is 1. The van der Waals surface area contributed by atoms with Crippen molar-refractivity contribution < 1.29 is 14.3 Å². The minimum absolute atomic E-state index is 0.126. The molecule has 1 aliphatic rings. The van der Waals surface area contributed by atoms with Crippen LogP contribution in [0.15, 0.2) is 12.4 Å². The van der Waals surface area contributed by atoms with Crippen molar-refractivity contribution in [1.29, 1.82) is 0 Å². The molecule has 21 heavy (non-hydrogen) atoms. The maximum atomic E-state index is 12.1. The van der Waals surface area contributed by atoms with E-state index < -0.39 is 5.60 Å². The first kappa shape index (κ1) is 15.8. The molecule has 1 fully saturated rings. The third-order valence-corrected chi connectivity index (χ3v) is 3.08. The smallest absolute Gasteiger partial charge is 0.410 e. The van der Waals surface area contributed by atoms with Crippen molar-refractivity contribution in [3.63, 3.8) is 0 Å². The number of nitrogens with zero attached hydrogens (tertiary/aromatic N) is 3. The van der Waals surface area contributed by atoms with Crippen LogP contribution in [0.25, 0.3) is 0 Å². The van der Waals surface area contributed by atoms with Crippen molar-refractivity contribution in [3.8, 4) is 5.88 Å². The zero-order chi connectivity index (χ0) is 15.5. The SMILES string of the molecule is CC(C)(C)OC(=O)N1CCC[C@H](Oc2cncc(Cl)n2)C1. The van der Waals surface area contributed by atoms with Gasteiger partial charge in [0.15, 0.2) is 5.15 Å². The number of rotatable bonds is 2. The zero-order valence-corrected chi connectivity index (χ0v) is 13.3. The third kappa shape index (κ3) is 5.04. The molecule has 1 saturated heterocycles. The van der Waals surface area contributed by atoms with Crippen molar-refractivity contribution in [2.45, 2.75) is 45.3 Å². The Morgan fingerprint density at radius 3 is 2.86 bits per heavy atom. The number of halogens is 1. The average Bonchev–Trinajstić information content (AvgIpc) is 2.37. The fourth-order valence-electron chi connectivity index (χ4n) is 2.08. The Labute approximate surface area is 129 Å². The van der Waals surface area contributed by atoms with Gasteiger partial charge in [0.25, 0.3) is 0 Å². The number of hydrogen-bond acceptors (Lipinski definition) is 5. The maximum Gasteiger partial charge on any atom is 0.410 e. The highest BCUT2D eigenvalue weighted by molar-refractivity contribution is 6.29. The molecule has 1 aliphatic heterocycles. The van der Waals surface area contributed by atoms with Gasteiger partial charge in [-0.3, -0.25) is 4.98 Å². The predicted octanol–water partition coefficient (Wildman–Crippen LogP) is 2.91. The van der Waals surface area contributed by atoms with E-state index in [0.717, 1.165) is 12.8 Å². The minimum Gasteiger partial charge on any atom is -0.471 e. The highest BCUT2D eigenvalue weighted by Gasteiger charge is 2.28. The lowest BCUT2D eigenvalue weighted by molar-refractivity contribution is 0.00718. The van der Waals surface area contributed by atoms with Crippen LogP contribution >= 0.6 is 11.6 Å². The number of likely N-dealkylation sites (tertiary alicyclic amines) is 1. The second-order valence-corrected chi connectivity index (χ2v) is 6.38. The molecule has 1 aromatic heterocycles. The standard InChI is InChI=1S/C14H20ClN3O3/c1-14(2,3)21-13(19)18-6-4-5-10(9-18)20-12-8-16-7-11(15)17-12/h7-8,10H,4-6,9H2,1-3H3/t10-/m0/s1. The van der Waals surface area contributed by atoms with Crippen LogP contribution in [-0.4, -0.2) is 45.8 Å². The fourth-order valence-corrected chi connectivity index (χ4v) is 2.22. The lowest BCUT2D eigenvalue weighted by Crippen LogP contribution is -2.46. The van der Waals surface area contributed by atoms with E-state index in [2.05, 4.69) is 9.97 Å². The molecule has 0 bridgehead atoms. The fraction of sp³-hybridized carbons (Fsp3) is 0.643. The van der Waals surface area contributed by atoms with Crippen LogP contribution in [0.5, 0.6) is 5.88 Å². The normalized spacial score (nSPS) is 19.2. The van der Waals surface area contributed by atoms with Crippen molar-refractivity contribution in [3.05, 3.63) is 17.5 Å². The van der Waals surface area contributed by atoms with Crippen LogP contribution < -0.4 is 4.74 Å². The molecule has 0 N–H and O–H groups in total. The average molecular weight is 314 g/mol. The number of aromatic nitrogens is 2. The molecule has 116 valence electrons. The van der Waals surface area contributed by atoms with Crippen LogP contribution in [0.3, 0.4) is 0 Å². The molecule has 0 unspecified atom stereocenters. The molecule has 1 atom stereocenters. The number of amides is 1. The summed E-state index contributed by atoms with van der Waals surface area (Å²) in [5.74, 6) is 0.374. The third-order valence-electron chi connectivity index (χ3n) is 2.90. The second kappa shape index (κ2) is 6.47. The second-order valence-electron chi connectivity index (χ2n) is 5.99. The van der Waals surface area contributed by atoms with E-state index in [4.69, 9.17) is 21.1 Å². The summed E-state index contributed by atoms with van der Waals surface area (Å²) < 4.78 is 11.1. The van der Waals surface area contributed by atoms with Gasteiger partial charge >= 0.3 is 6.09 Å². The first-order valence-corrected chi connectivity index (χ1v) is 7.33. The van der Waals surface area contributed by atoms with E-state index in [9.17, 15) is 4.79 Å². The highest BCUT2D eigenvalue weighted by Crippen LogP contribution is 2.19. The minimum atomic E-state index is -0.497. The predicted molar refractivity (Wildman–Crippen MR) is 78.5 cm³/mol. The zero-order valence-electron chi connectivity index (χ0n) is 12.5. The van der Waals surface area contributed by atoms with E-state index in [0.29, 0.717) is 19.0 Å². The maximum absolute atomic E-state index is 12.1. The van der Waals surface area contributed by atoms with Gasteiger partial charge in [0.1, 0.15) is 11.7 Å². The Hall–Kier alpha value is -1.56. The van der Waals surface area contributed by atoms with Crippen molar-refractivity contribution >= 4 is 17.7 Å². The number of carbonyl (C=O) groups excluding carboxylic acids is 1. The Balaban J connectivity index is 1.93. The quantitative estimate of drug-likeness (QED) is 0.840. The van der Waals surface area contributed by atoms with Gasteiger partial charge in [0, 0.05) is 6.54 Å². The van der Waals surface area contributed by atoms with E-state index in [-0.39, 0.29) is 17.4 Å². The van der Waals surface area contributed by atoms with E-state index in [1.807, 2.05) is 20.8 Å². The number of hydrogen-bond donors (Lipinski definition) is 0. The largest absolute Gasteiger partial charge is 0.471 e. The lowest BCUT2D eigenvalue weighted by atomic mass is 10.1. The monoisotopic (exact) mass is 313 g/mol. The van der Waals surface area contributed by atoms with Crippen LogP contribution in [0.2, 0.25) is 5.15 Å². The molecule has 7 heteroatoms. The Kier molecular flexibility index (Phi) is 4.88. The molecule has 1 aromatic rings. The van der Waals surface area contributed by atoms with E-state index in [1.165, 1.54) is 12.4 Å². The number of carbonyl (C=O) groups is 1.